The van der Waals surface area contributed by atoms with Crippen molar-refractivity contribution in [2.24, 2.45) is 0 Å². The number of amides is 1. The first-order valence-electron chi connectivity index (χ1n) is 9.25. The average molecular weight is 440 g/mol. The van der Waals surface area contributed by atoms with Crippen LogP contribution in [0.5, 0.6) is 0 Å². The molecule has 0 spiro atoms. The summed E-state index contributed by atoms with van der Waals surface area (Å²) in [5.41, 5.74) is 2.11. The number of H-pyrrole nitrogens is 1. The molecular formula is C20H17FN6O3S. The van der Waals surface area contributed by atoms with Crippen LogP contribution in [0.2, 0.25) is 0 Å². The normalized spacial score (nSPS) is 12.0. The molecule has 1 unspecified atom stereocenters. The Morgan fingerprint density at radius 1 is 1.23 bits per heavy atom. The third-order valence-electron chi connectivity index (χ3n) is 4.56. The third kappa shape index (κ3) is 4.72. The zero-order valence-corrected chi connectivity index (χ0v) is 16.8. The zero-order chi connectivity index (χ0) is 21.8. The fraction of sp³-hybridized carbons (Fsp3) is 0.150. The topological polar surface area (TPSA) is 126 Å². The van der Waals surface area contributed by atoms with Crippen molar-refractivity contribution in [3.8, 4) is 5.69 Å². The SMILES string of the molecule is O=C(CSc1nnnn1-c1cccc(F)c1)NC(Cc1c[nH]c2ccccc12)C(=O)O. The molecule has 0 fully saturated rings. The molecule has 31 heavy (non-hydrogen) atoms. The number of nitrogens with one attached hydrogen (secondary N) is 2. The lowest BCUT2D eigenvalue weighted by Gasteiger charge is -2.14. The number of fused-ring (bicyclic) bond motifs is 1. The summed E-state index contributed by atoms with van der Waals surface area (Å²) in [5.74, 6) is -2.16. The van der Waals surface area contributed by atoms with E-state index in [-0.39, 0.29) is 17.3 Å². The number of aliphatic carboxylic acids is 1. The molecule has 0 aliphatic heterocycles. The molecule has 0 aliphatic carbocycles. The summed E-state index contributed by atoms with van der Waals surface area (Å²) >= 11 is 1.02. The molecule has 4 aromatic rings. The van der Waals surface area contributed by atoms with Gasteiger partial charge in [0.2, 0.25) is 11.1 Å². The molecule has 2 aromatic carbocycles. The van der Waals surface area contributed by atoms with Crippen molar-refractivity contribution in [3.05, 3.63) is 66.1 Å². The molecule has 1 amide bonds. The number of para-hydroxylation sites is 1. The predicted molar refractivity (Wildman–Crippen MR) is 111 cm³/mol. The van der Waals surface area contributed by atoms with Crippen molar-refractivity contribution in [1.82, 2.24) is 30.5 Å². The molecule has 0 aliphatic rings. The van der Waals surface area contributed by atoms with Crippen LogP contribution in [-0.2, 0) is 16.0 Å². The van der Waals surface area contributed by atoms with Gasteiger partial charge in [0, 0.05) is 23.5 Å². The van der Waals surface area contributed by atoms with Crippen LogP contribution in [0.25, 0.3) is 16.6 Å². The largest absolute Gasteiger partial charge is 0.480 e. The second-order valence-corrected chi connectivity index (χ2v) is 7.61. The maximum atomic E-state index is 13.5. The molecule has 4 rings (SSSR count). The maximum absolute atomic E-state index is 13.5. The van der Waals surface area contributed by atoms with Crippen molar-refractivity contribution in [2.45, 2.75) is 17.6 Å². The molecule has 158 valence electrons. The number of aromatic nitrogens is 5. The van der Waals surface area contributed by atoms with Crippen LogP contribution in [0.4, 0.5) is 4.39 Å². The minimum absolute atomic E-state index is 0.104. The molecule has 2 heterocycles. The highest BCUT2D eigenvalue weighted by Crippen LogP contribution is 2.20. The van der Waals surface area contributed by atoms with E-state index < -0.39 is 23.7 Å². The number of aromatic amines is 1. The lowest BCUT2D eigenvalue weighted by molar-refractivity contribution is -0.141. The molecular weight excluding hydrogens is 423 g/mol. The summed E-state index contributed by atoms with van der Waals surface area (Å²) < 4.78 is 14.8. The van der Waals surface area contributed by atoms with E-state index >= 15 is 0 Å². The first-order chi connectivity index (χ1) is 15.0. The first-order valence-corrected chi connectivity index (χ1v) is 10.2. The molecule has 0 saturated heterocycles. The van der Waals surface area contributed by atoms with Gasteiger partial charge in [0.05, 0.1) is 11.4 Å². The summed E-state index contributed by atoms with van der Waals surface area (Å²) in [6, 6.07) is 12.2. The molecule has 9 nitrogen and oxygen atoms in total. The lowest BCUT2D eigenvalue weighted by Crippen LogP contribution is -2.43. The molecule has 11 heteroatoms. The number of nitrogens with zero attached hydrogens (tertiary/aromatic N) is 4. The molecule has 1 atom stereocenters. The van der Waals surface area contributed by atoms with Crippen molar-refractivity contribution in [3.63, 3.8) is 0 Å². The van der Waals surface area contributed by atoms with Gasteiger partial charge in [-0.05, 0) is 40.3 Å². The lowest BCUT2D eigenvalue weighted by atomic mass is 10.1. The summed E-state index contributed by atoms with van der Waals surface area (Å²) in [6.45, 7) is 0. The Hall–Kier alpha value is -3.73. The Labute approximate surface area is 179 Å². The van der Waals surface area contributed by atoms with Crippen LogP contribution in [0, 0.1) is 5.82 Å². The number of tetrazole rings is 1. The van der Waals surface area contributed by atoms with E-state index in [1.807, 2.05) is 24.3 Å². The van der Waals surface area contributed by atoms with Crippen molar-refractivity contribution in [2.75, 3.05) is 5.75 Å². The minimum atomic E-state index is -1.13. The Kier molecular flexibility index (Phi) is 5.94. The van der Waals surface area contributed by atoms with E-state index in [2.05, 4.69) is 25.8 Å². The zero-order valence-electron chi connectivity index (χ0n) is 16.0. The van der Waals surface area contributed by atoms with Gasteiger partial charge in [0.1, 0.15) is 11.9 Å². The van der Waals surface area contributed by atoms with Crippen LogP contribution in [0.3, 0.4) is 0 Å². The first kappa shape index (κ1) is 20.5. The van der Waals surface area contributed by atoms with Crippen molar-refractivity contribution >= 4 is 34.5 Å². The number of carboxylic acid groups (broad SMARTS) is 1. The van der Waals surface area contributed by atoms with Crippen LogP contribution >= 0.6 is 11.8 Å². The van der Waals surface area contributed by atoms with Gasteiger partial charge in [-0.1, -0.05) is 36.0 Å². The van der Waals surface area contributed by atoms with Crippen LogP contribution in [-0.4, -0.2) is 54.0 Å². The minimum Gasteiger partial charge on any atom is -0.480 e. The maximum Gasteiger partial charge on any atom is 0.326 e. The third-order valence-corrected chi connectivity index (χ3v) is 5.48. The fourth-order valence-electron chi connectivity index (χ4n) is 3.13. The van der Waals surface area contributed by atoms with E-state index in [1.54, 1.807) is 12.3 Å². The number of carboxylic acids is 1. The predicted octanol–water partition coefficient (Wildman–Crippen LogP) is 2.19. The van der Waals surface area contributed by atoms with E-state index in [1.165, 1.54) is 22.9 Å². The van der Waals surface area contributed by atoms with Crippen LogP contribution < -0.4 is 5.32 Å². The number of halogens is 1. The van der Waals surface area contributed by atoms with Gasteiger partial charge in [0.25, 0.3) is 0 Å². The molecule has 0 saturated carbocycles. The van der Waals surface area contributed by atoms with Gasteiger partial charge in [-0.2, -0.15) is 4.68 Å². The second kappa shape index (κ2) is 8.96. The standard InChI is InChI=1S/C20H17FN6O3S/c21-13-4-3-5-14(9-13)27-20(24-25-26-27)31-11-18(28)23-17(19(29)30)8-12-10-22-16-7-2-1-6-15(12)16/h1-7,9-10,17,22H,8,11H2,(H,23,28)(H,29,30). The number of hydrogen-bond acceptors (Lipinski definition) is 6. The van der Waals surface area contributed by atoms with E-state index in [9.17, 15) is 19.1 Å². The number of rotatable bonds is 8. The highest BCUT2D eigenvalue weighted by Gasteiger charge is 2.22. The Morgan fingerprint density at radius 2 is 2.06 bits per heavy atom. The average Bonchev–Trinajstić information content (AvgIpc) is 3.39. The van der Waals surface area contributed by atoms with Crippen LogP contribution in [0.1, 0.15) is 5.56 Å². The molecule has 0 bridgehead atoms. The van der Waals surface area contributed by atoms with E-state index in [4.69, 9.17) is 0 Å². The number of hydrogen-bond donors (Lipinski definition) is 3. The summed E-state index contributed by atoms with van der Waals surface area (Å²) in [6.07, 6.45) is 1.88. The van der Waals surface area contributed by atoms with Gasteiger partial charge in [-0.15, -0.1) is 5.10 Å². The second-order valence-electron chi connectivity index (χ2n) is 6.66. The molecule has 2 aromatic heterocycles. The van der Waals surface area contributed by atoms with Crippen molar-refractivity contribution < 1.29 is 19.1 Å². The monoisotopic (exact) mass is 440 g/mol. The highest BCUT2D eigenvalue weighted by molar-refractivity contribution is 7.99. The number of thioether (sulfide) groups is 1. The van der Waals surface area contributed by atoms with Gasteiger partial charge in [-0.25, -0.2) is 9.18 Å². The highest BCUT2D eigenvalue weighted by atomic mass is 32.2. The van der Waals surface area contributed by atoms with E-state index in [0.717, 1.165) is 28.2 Å². The van der Waals surface area contributed by atoms with Gasteiger partial charge < -0.3 is 15.4 Å². The molecule has 0 radical (unpaired) electrons. The summed E-state index contributed by atoms with van der Waals surface area (Å²) in [7, 11) is 0. The smallest absolute Gasteiger partial charge is 0.326 e. The Balaban J connectivity index is 1.41. The van der Waals surface area contributed by atoms with Gasteiger partial charge in [-0.3, -0.25) is 4.79 Å². The quantitative estimate of drug-likeness (QED) is 0.359. The van der Waals surface area contributed by atoms with Gasteiger partial charge in [0.15, 0.2) is 0 Å². The summed E-state index contributed by atoms with van der Waals surface area (Å²) in [5, 5.41) is 24.5. The van der Waals surface area contributed by atoms with Crippen LogP contribution in [0.15, 0.2) is 59.9 Å². The molecule has 3 N–H and O–H groups in total. The van der Waals surface area contributed by atoms with Gasteiger partial charge >= 0.3 is 5.97 Å². The van der Waals surface area contributed by atoms with Crippen molar-refractivity contribution in [1.29, 1.82) is 0 Å². The number of benzene rings is 2. The number of carbonyl (C=O) groups is 2. The summed E-state index contributed by atoms with van der Waals surface area (Å²) in [4.78, 5) is 27.2. The Bertz CT molecular complexity index is 1240. The Morgan fingerprint density at radius 3 is 2.87 bits per heavy atom. The van der Waals surface area contributed by atoms with E-state index in [0.29, 0.717) is 5.69 Å². The fourth-order valence-corrected chi connectivity index (χ4v) is 3.83. The number of carbonyl (C=O) groups excluding carboxylic acids is 1.